The number of hydrogen-bond donors (Lipinski definition) is 1. The Labute approximate surface area is 219 Å². The summed E-state index contributed by atoms with van der Waals surface area (Å²) in [4.78, 5) is 29.5. The second-order valence-corrected chi connectivity index (χ2v) is 10.2. The summed E-state index contributed by atoms with van der Waals surface area (Å²) < 4.78 is 0. The minimum atomic E-state index is -0.621. The normalized spacial score (nSPS) is 14.7. The second-order valence-electron chi connectivity index (χ2n) is 9.77. The monoisotopic (exact) mass is 502 g/mol. The molecular formula is C31H35ClN2O2. The van der Waals surface area contributed by atoms with Gasteiger partial charge in [-0.05, 0) is 48.1 Å². The van der Waals surface area contributed by atoms with Gasteiger partial charge in [0, 0.05) is 24.0 Å². The third kappa shape index (κ3) is 6.98. The Hall–Kier alpha value is -3.11. The van der Waals surface area contributed by atoms with Crippen molar-refractivity contribution in [2.45, 2.75) is 70.5 Å². The molecule has 0 aromatic heterocycles. The Morgan fingerprint density at radius 2 is 1.53 bits per heavy atom. The van der Waals surface area contributed by atoms with Crippen LogP contribution in [-0.4, -0.2) is 28.8 Å². The molecule has 1 fully saturated rings. The van der Waals surface area contributed by atoms with E-state index in [0.717, 1.165) is 47.9 Å². The number of halogens is 1. The summed E-state index contributed by atoms with van der Waals surface area (Å²) in [5, 5.41) is 3.85. The fraction of sp³-hybridized carbons (Fsp3) is 0.355. The summed E-state index contributed by atoms with van der Waals surface area (Å²) in [7, 11) is 0. The maximum Gasteiger partial charge on any atom is 0.243 e. The van der Waals surface area contributed by atoms with Crippen LogP contribution >= 0.6 is 11.6 Å². The number of aryl methyl sites for hydroxylation is 1. The molecule has 0 saturated heterocycles. The van der Waals surface area contributed by atoms with Crippen LogP contribution in [0.5, 0.6) is 0 Å². The molecule has 2 amide bonds. The number of nitrogens with one attached hydrogen (secondary N) is 1. The molecule has 3 aromatic carbocycles. The van der Waals surface area contributed by atoms with Crippen LogP contribution in [0.1, 0.15) is 54.4 Å². The van der Waals surface area contributed by atoms with Crippen molar-refractivity contribution in [2.75, 3.05) is 0 Å². The number of rotatable bonds is 9. The molecule has 1 aliphatic rings. The molecular weight excluding hydrogens is 468 g/mol. The number of benzene rings is 3. The van der Waals surface area contributed by atoms with Gasteiger partial charge >= 0.3 is 0 Å². The van der Waals surface area contributed by atoms with Gasteiger partial charge in [-0.2, -0.15) is 0 Å². The Morgan fingerprint density at radius 3 is 2.22 bits per heavy atom. The van der Waals surface area contributed by atoms with E-state index in [1.54, 1.807) is 11.0 Å². The van der Waals surface area contributed by atoms with Crippen LogP contribution in [-0.2, 0) is 29.0 Å². The summed E-state index contributed by atoms with van der Waals surface area (Å²) >= 11 is 6.41. The standard InChI is InChI=1S/C31H35ClN2O2/c1-23-12-8-9-16-26(23)22-34(30(35)21-25-15-10-11-19-28(25)32)29(20-24-13-4-2-5-14-24)31(36)33-27-17-6-3-7-18-27/h2,4-5,8-16,19,27,29H,3,6-7,17-18,20-22H2,1H3,(H,33,36). The second kappa shape index (κ2) is 12.7. The van der Waals surface area contributed by atoms with E-state index in [1.807, 2.05) is 79.7 Å². The minimum Gasteiger partial charge on any atom is -0.352 e. The van der Waals surface area contributed by atoms with Crippen molar-refractivity contribution >= 4 is 23.4 Å². The van der Waals surface area contributed by atoms with Gasteiger partial charge in [-0.25, -0.2) is 0 Å². The van der Waals surface area contributed by atoms with Crippen molar-refractivity contribution in [3.05, 3.63) is 106 Å². The molecule has 1 saturated carbocycles. The molecule has 1 atom stereocenters. The first-order chi connectivity index (χ1) is 17.5. The van der Waals surface area contributed by atoms with E-state index in [0.29, 0.717) is 18.0 Å². The van der Waals surface area contributed by atoms with Gasteiger partial charge in [0.25, 0.3) is 0 Å². The number of hydrogen-bond acceptors (Lipinski definition) is 2. The molecule has 0 heterocycles. The average molecular weight is 503 g/mol. The first-order valence-corrected chi connectivity index (χ1v) is 13.3. The van der Waals surface area contributed by atoms with E-state index >= 15 is 0 Å². The fourth-order valence-electron chi connectivity index (χ4n) is 4.98. The lowest BCUT2D eigenvalue weighted by Crippen LogP contribution is -2.53. The molecule has 1 unspecified atom stereocenters. The molecule has 0 bridgehead atoms. The molecule has 5 heteroatoms. The van der Waals surface area contributed by atoms with E-state index < -0.39 is 6.04 Å². The van der Waals surface area contributed by atoms with Crippen LogP contribution in [0, 0.1) is 6.92 Å². The maximum atomic E-state index is 13.9. The SMILES string of the molecule is Cc1ccccc1CN(C(=O)Cc1ccccc1Cl)C(Cc1ccccc1)C(=O)NC1CCCCC1. The lowest BCUT2D eigenvalue weighted by atomic mass is 9.94. The molecule has 3 aromatic rings. The number of amides is 2. The summed E-state index contributed by atoms with van der Waals surface area (Å²) in [6, 6.07) is 25.0. The highest BCUT2D eigenvalue weighted by Gasteiger charge is 2.32. The molecule has 4 rings (SSSR count). The van der Waals surface area contributed by atoms with Crippen molar-refractivity contribution in [1.82, 2.24) is 10.2 Å². The Kier molecular flexibility index (Phi) is 9.18. The van der Waals surface area contributed by atoms with Crippen LogP contribution in [0.25, 0.3) is 0 Å². The highest BCUT2D eigenvalue weighted by Crippen LogP contribution is 2.22. The molecule has 36 heavy (non-hydrogen) atoms. The van der Waals surface area contributed by atoms with Crippen LogP contribution < -0.4 is 5.32 Å². The molecule has 1 N–H and O–H groups in total. The minimum absolute atomic E-state index is 0.0770. The topological polar surface area (TPSA) is 49.4 Å². The van der Waals surface area contributed by atoms with Gasteiger partial charge in [0.15, 0.2) is 0 Å². The van der Waals surface area contributed by atoms with Gasteiger partial charge in [0.1, 0.15) is 6.04 Å². The van der Waals surface area contributed by atoms with Gasteiger partial charge in [-0.1, -0.05) is 104 Å². The van der Waals surface area contributed by atoms with E-state index in [9.17, 15) is 9.59 Å². The summed E-state index contributed by atoms with van der Waals surface area (Å²) in [5.41, 5.74) is 3.93. The predicted octanol–water partition coefficient (Wildman–Crippen LogP) is 6.28. The zero-order valence-electron chi connectivity index (χ0n) is 21.0. The quantitative estimate of drug-likeness (QED) is 0.374. The fourth-order valence-corrected chi connectivity index (χ4v) is 5.18. The van der Waals surface area contributed by atoms with Gasteiger partial charge in [0.2, 0.25) is 11.8 Å². The first-order valence-electron chi connectivity index (χ1n) is 12.9. The zero-order valence-corrected chi connectivity index (χ0v) is 21.7. The molecule has 0 spiro atoms. The molecule has 188 valence electrons. The van der Waals surface area contributed by atoms with Gasteiger partial charge < -0.3 is 10.2 Å². The van der Waals surface area contributed by atoms with Crippen LogP contribution in [0.2, 0.25) is 5.02 Å². The lowest BCUT2D eigenvalue weighted by molar-refractivity contribution is -0.141. The maximum absolute atomic E-state index is 13.9. The number of nitrogens with zero attached hydrogens (tertiary/aromatic N) is 1. The van der Waals surface area contributed by atoms with Crippen molar-refractivity contribution in [2.24, 2.45) is 0 Å². The highest BCUT2D eigenvalue weighted by atomic mass is 35.5. The van der Waals surface area contributed by atoms with Gasteiger partial charge in [-0.3, -0.25) is 9.59 Å². The Morgan fingerprint density at radius 1 is 0.889 bits per heavy atom. The van der Waals surface area contributed by atoms with Crippen LogP contribution in [0.4, 0.5) is 0 Å². The summed E-state index contributed by atoms with van der Waals surface area (Å²) in [6.45, 7) is 2.41. The number of carbonyl (C=O) groups excluding carboxylic acids is 2. The Balaban J connectivity index is 1.67. The van der Waals surface area contributed by atoms with Crippen molar-refractivity contribution in [3.63, 3.8) is 0 Å². The average Bonchev–Trinajstić information content (AvgIpc) is 2.89. The first kappa shape index (κ1) is 26.0. The van der Waals surface area contributed by atoms with E-state index in [-0.39, 0.29) is 24.3 Å². The predicted molar refractivity (Wildman–Crippen MR) is 146 cm³/mol. The number of carbonyl (C=O) groups is 2. The van der Waals surface area contributed by atoms with Crippen LogP contribution in [0.15, 0.2) is 78.9 Å². The zero-order chi connectivity index (χ0) is 25.3. The molecule has 0 aliphatic heterocycles. The molecule has 0 radical (unpaired) electrons. The van der Waals surface area contributed by atoms with Crippen molar-refractivity contribution in [3.8, 4) is 0 Å². The summed E-state index contributed by atoms with van der Waals surface area (Å²) in [5.74, 6) is -0.182. The summed E-state index contributed by atoms with van der Waals surface area (Å²) in [6.07, 6.45) is 6.08. The molecule has 4 nitrogen and oxygen atoms in total. The van der Waals surface area contributed by atoms with Gasteiger partial charge in [0.05, 0.1) is 6.42 Å². The Bertz CT molecular complexity index is 1160. The van der Waals surface area contributed by atoms with Crippen molar-refractivity contribution in [1.29, 1.82) is 0 Å². The van der Waals surface area contributed by atoms with E-state index in [2.05, 4.69) is 5.32 Å². The largest absolute Gasteiger partial charge is 0.352 e. The van der Waals surface area contributed by atoms with Crippen molar-refractivity contribution < 1.29 is 9.59 Å². The highest BCUT2D eigenvalue weighted by molar-refractivity contribution is 6.31. The van der Waals surface area contributed by atoms with E-state index in [1.165, 1.54) is 6.42 Å². The van der Waals surface area contributed by atoms with Crippen LogP contribution in [0.3, 0.4) is 0 Å². The van der Waals surface area contributed by atoms with E-state index in [4.69, 9.17) is 11.6 Å². The van der Waals surface area contributed by atoms with Gasteiger partial charge in [-0.15, -0.1) is 0 Å². The lowest BCUT2D eigenvalue weighted by Gasteiger charge is -2.34. The smallest absolute Gasteiger partial charge is 0.243 e. The third-order valence-electron chi connectivity index (χ3n) is 7.12. The molecule has 1 aliphatic carbocycles. The third-order valence-corrected chi connectivity index (χ3v) is 7.49.